The van der Waals surface area contributed by atoms with Gasteiger partial charge in [0.05, 0.1) is 18.9 Å². The van der Waals surface area contributed by atoms with E-state index < -0.39 is 17.9 Å². The minimum Gasteiger partial charge on any atom is -0.444 e. The van der Waals surface area contributed by atoms with Crippen LogP contribution in [0, 0.1) is 0 Å². The largest absolute Gasteiger partial charge is 0.444 e. The second kappa shape index (κ2) is 9.59. The summed E-state index contributed by atoms with van der Waals surface area (Å²) in [5.74, 6) is 6.33. The molecule has 0 aromatic heterocycles. The molecule has 0 saturated carbocycles. The van der Waals surface area contributed by atoms with E-state index in [0.717, 1.165) is 0 Å². The highest BCUT2D eigenvalue weighted by Crippen LogP contribution is 2.08. The molecule has 1 saturated heterocycles. The molecule has 25 heavy (non-hydrogen) atoms. The highest BCUT2D eigenvalue weighted by molar-refractivity contribution is 6.00. The zero-order chi connectivity index (χ0) is 19.0. The van der Waals surface area contributed by atoms with Gasteiger partial charge in [0.25, 0.3) is 0 Å². The number of hydrazine groups is 1. The van der Waals surface area contributed by atoms with E-state index in [1.807, 2.05) is 18.7 Å². The normalized spacial score (nSPS) is 18.2. The van der Waals surface area contributed by atoms with Gasteiger partial charge in [0.1, 0.15) is 17.6 Å². The van der Waals surface area contributed by atoms with E-state index in [2.05, 4.69) is 15.7 Å². The number of aliphatic imine (C=N–C) groups is 1. The lowest BCUT2D eigenvalue weighted by Gasteiger charge is -2.31. The van der Waals surface area contributed by atoms with Crippen LogP contribution in [-0.2, 0) is 9.47 Å². The molecule has 1 rings (SSSR count). The van der Waals surface area contributed by atoms with Gasteiger partial charge >= 0.3 is 6.09 Å². The zero-order valence-electron chi connectivity index (χ0n) is 15.8. The van der Waals surface area contributed by atoms with Crippen molar-refractivity contribution >= 4 is 11.8 Å². The fourth-order valence-electron chi connectivity index (χ4n) is 2.18. The summed E-state index contributed by atoms with van der Waals surface area (Å²) in [5, 5.41) is 2.60. The number of nitrogens with two attached hydrogens (primary N) is 2. The van der Waals surface area contributed by atoms with Gasteiger partial charge in [-0.2, -0.15) is 0 Å². The second-order valence-electron chi connectivity index (χ2n) is 7.04. The van der Waals surface area contributed by atoms with Crippen molar-refractivity contribution in [1.29, 1.82) is 0 Å². The average Bonchev–Trinajstić information content (AvgIpc) is 2.49. The van der Waals surface area contributed by atoms with E-state index in [1.165, 1.54) is 0 Å². The maximum Gasteiger partial charge on any atom is 0.409 e. The predicted molar refractivity (Wildman–Crippen MR) is 97.7 cm³/mol. The molecule has 1 heterocycles. The number of amides is 1. The van der Waals surface area contributed by atoms with Crippen molar-refractivity contribution in [3.8, 4) is 0 Å². The van der Waals surface area contributed by atoms with Crippen LogP contribution in [0.2, 0.25) is 0 Å². The first kappa shape index (κ1) is 21.2. The number of morpholine rings is 1. The predicted octanol–water partition coefficient (Wildman–Crippen LogP) is 0.282. The number of nitrogens with one attached hydrogen (secondary N) is 2. The van der Waals surface area contributed by atoms with Gasteiger partial charge in [0, 0.05) is 25.2 Å². The van der Waals surface area contributed by atoms with E-state index in [9.17, 15) is 4.79 Å². The Labute approximate surface area is 149 Å². The number of carbonyl (C=O) groups is 1. The molecule has 1 amide bonds. The molecule has 0 aromatic carbocycles. The first-order valence-corrected chi connectivity index (χ1v) is 8.46. The molecule has 0 radical (unpaired) electrons. The number of hydrogen-bond donors (Lipinski definition) is 4. The van der Waals surface area contributed by atoms with Crippen LogP contribution in [-0.4, -0.2) is 60.8 Å². The average molecular weight is 356 g/mol. The van der Waals surface area contributed by atoms with E-state index in [-0.39, 0.29) is 6.04 Å². The SMILES string of the molecule is CC(C)N=C(/C=C(\NN)N1CCOCC1)C(N)NC(=O)OC(C)(C)C. The first-order chi connectivity index (χ1) is 11.6. The highest BCUT2D eigenvalue weighted by atomic mass is 16.6. The summed E-state index contributed by atoms with van der Waals surface area (Å²) in [5.41, 5.74) is 8.69. The van der Waals surface area contributed by atoms with Crippen molar-refractivity contribution in [2.75, 3.05) is 26.3 Å². The maximum absolute atomic E-state index is 12.0. The van der Waals surface area contributed by atoms with Gasteiger partial charge < -0.3 is 30.8 Å². The van der Waals surface area contributed by atoms with E-state index in [0.29, 0.717) is 37.8 Å². The number of hydrogen-bond acceptors (Lipinski definition) is 8. The quantitative estimate of drug-likeness (QED) is 0.233. The van der Waals surface area contributed by atoms with Crippen LogP contribution in [0.3, 0.4) is 0 Å². The Morgan fingerprint density at radius 2 is 1.92 bits per heavy atom. The van der Waals surface area contributed by atoms with Gasteiger partial charge in [-0.05, 0) is 34.6 Å². The Morgan fingerprint density at radius 1 is 1.32 bits per heavy atom. The van der Waals surface area contributed by atoms with Gasteiger partial charge in [-0.15, -0.1) is 0 Å². The Kier molecular flexibility index (Phi) is 8.14. The van der Waals surface area contributed by atoms with Crippen LogP contribution >= 0.6 is 0 Å². The van der Waals surface area contributed by atoms with Crippen molar-refractivity contribution in [2.45, 2.75) is 52.4 Å². The summed E-state index contributed by atoms with van der Waals surface area (Å²) in [6.07, 6.45) is 0.327. The van der Waals surface area contributed by atoms with Crippen molar-refractivity contribution < 1.29 is 14.3 Å². The molecule has 1 atom stereocenters. The maximum atomic E-state index is 12.0. The third-order valence-corrected chi connectivity index (χ3v) is 3.18. The molecule has 9 heteroatoms. The fourth-order valence-corrected chi connectivity index (χ4v) is 2.18. The van der Waals surface area contributed by atoms with Gasteiger partial charge in [-0.25, -0.2) is 10.6 Å². The summed E-state index contributed by atoms with van der Waals surface area (Å²) >= 11 is 0. The molecule has 0 bridgehead atoms. The Bertz CT molecular complexity index is 493. The van der Waals surface area contributed by atoms with Crippen molar-refractivity contribution in [3.05, 3.63) is 11.9 Å². The first-order valence-electron chi connectivity index (χ1n) is 8.46. The fraction of sp³-hybridized carbons (Fsp3) is 0.750. The molecule has 6 N–H and O–H groups in total. The minimum atomic E-state index is -0.818. The van der Waals surface area contributed by atoms with E-state index in [1.54, 1.807) is 26.8 Å². The Balaban J connectivity index is 2.91. The molecular formula is C16H32N6O3. The number of rotatable bonds is 6. The third-order valence-electron chi connectivity index (χ3n) is 3.18. The van der Waals surface area contributed by atoms with Crippen molar-refractivity contribution in [2.24, 2.45) is 16.6 Å². The molecule has 1 unspecified atom stereocenters. The zero-order valence-corrected chi connectivity index (χ0v) is 15.8. The highest BCUT2D eigenvalue weighted by Gasteiger charge is 2.21. The third kappa shape index (κ3) is 8.19. The standard InChI is InChI=1S/C16H32N6O3/c1-11(2)19-12(14(17)20-15(23)25-16(3,4)5)10-13(21-18)22-6-8-24-9-7-22/h10-11,14,21H,6-9,17-18H2,1-5H3,(H,20,23)/b13-10+,19-12?. The summed E-state index contributed by atoms with van der Waals surface area (Å²) in [4.78, 5) is 18.5. The molecule has 144 valence electrons. The molecule has 1 aliphatic rings. The molecule has 1 aliphatic heterocycles. The van der Waals surface area contributed by atoms with Gasteiger partial charge in [-0.1, -0.05) is 0 Å². The number of alkyl carbamates (subject to hydrolysis) is 1. The summed E-state index contributed by atoms with van der Waals surface area (Å²) in [6, 6.07) is 0.00134. The lowest BCUT2D eigenvalue weighted by atomic mass is 10.2. The Morgan fingerprint density at radius 3 is 2.40 bits per heavy atom. The number of ether oxygens (including phenoxy) is 2. The van der Waals surface area contributed by atoms with Crippen LogP contribution in [0.15, 0.2) is 16.9 Å². The van der Waals surface area contributed by atoms with E-state index >= 15 is 0 Å². The summed E-state index contributed by atoms with van der Waals surface area (Å²) < 4.78 is 10.6. The lowest BCUT2D eigenvalue weighted by molar-refractivity contribution is 0.0504. The molecule has 0 aliphatic carbocycles. The topological polar surface area (TPSA) is 127 Å². The van der Waals surface area contributed by atoms with Gasteiger partial charge in [-0.3, -0.25) is 4.99 Å². The second-order valence-corrected chi connectivity index (χ2v) is 7.04. The van der Waals surface area contributed by atoms with Crippen molar-refractivity contribution in [1.82, 2.24) is 15.6 Å². The van der Waals surface area contributed by atoms with Crippen LogP contribution in [0.25, 0.3) is 0 Å². The number of carbonyl (C=O) groups excluding carboxylic acids is 1. The Hall–Kier alpha value is -1.84. The molecule has 0 spiro atoms. The smallest absolute Gasteiger partial charge is 0.409 e. The van der Waals surface area contributed by atoms with Crippen LogP contribution in [0.4, 0.5) is 4.79 Å². The molecule has 1 fully saturated rings. The van der Waals surface area contributed by atoms with E-state index in [4.69, 9.17) is 21.1 Å². The monoisotopic (exact) mass is 356 g/mol. The van der Waals surface area contributed by atoms with Gasteiger partial charge in [0.2, 0.25) is 0 Å². The minimum absolute atomic E-state index is 0.00134. The molecular weight excluding hydrogens is 324 g/mol. The molecule has 0 aromatic rings. The van der Waals surface area contributed by atoms with Crippen LogP contribution in [0.5, 0.6) is 0 Å². The molecule has 9 nitrogen and oxygen atoms in total. The lowest BCUT2D eigenvalue weighted by Crippen LogP contribution is -2.50. The number of nitrogens with zero attached hydrogens (tertiary/aromatic N) is 2. The van der Waals surface area contributed by atoms with Gasteiger partial charge in [0.15, 0.2) is 0 Å². The van der Waals surface area contributed by atoms with Crippen LogP contribution in [0.1, 0.15) is 34.6 Å². The summed E-state index contributed by atoms with van der Waals surface area (Å²) in [7, 11) is 0. The van der Waals surface area contributed by atoms with Crippen LogP contribution < -0.4 is 22.3 Å². The summed E-state index contributed by atoms with van der Waals surface area (Å²) in [6.45, 7) is 11.9. The van der Waals surface area contributed by atoms with Crippen molar-refractivity contribution in [3.63, 3.8) is 0 Å².